The van der Waals surface area contributed by atoms with Crippen LogP contribution in [0.5, 0.6) is 0 Å². The molecule has 3 aromatic carbocycles. The first-order valence-corrected chi connectivity index (χ1v) is 12.8. The van der Waals surface area contributed by atoms with E-state index in [1.165, 1.54) is 7.11 Å². The van der Waals surface area contributed by atoms with Crippen LogP contribution in [0, 0.1) is 0 Å². The Morgan fingerprint density at radius 1 is 1.03 bits per heavy atom. The van der Waals surface area contributed by atoms with Crippen molar-refractivity contribution in [2.45, 2.75) is 25.0 Å². The van der Waals surface area contributed by atoms with Gasteiger partial charge in [-0.05, 0) is 24.6 Å². The fraction of sp³-hybridized carbons (Fsp3) is 0.233. The molecule has 0 aliphatic carbocycles. The maximum Gasteiger partial charge on any atom is 0.433 e. The van der Waals surface area contributed by atoms with Crippen LogP contribution in [0.25, 0.3) is 22.2 Å². The molecule has 8 heteroatoms. The highest BCUT2D eigenvalue weighted by Crippen LogP contribution is 2.34. The number of pyridine rings is 1. The summed E-state index contributed by atoms with van der Waals surface area (Å²) in [6.07, 6.45) is 0.420. The van der Waals surface area contributed by atoms with Gasteiger partial charge in [-0.15, -0.1) is 0 Å². The quantitative estimate of drug-likeness (QED) is 0.390. The van der Waals surface area contributed by atoms with E-state index in [-0.39, 0.29) is 0 Å². The van der Waals surface area contributed by atoms with E-state index in [1.807, 2.05) is 60.7 Å². The Morgan fingerprint density at radius 2 is 1.74 bits per heavy atom. The van der Waals surface area contributed by atoms with Crippen LogP contribution in [0.2, 0.25) is 0 Å². The van der Waals surface area contributed by atoms with Gasteiger partial charge >= 0.3 is 6.09 Å². The molecule has 3 heterocycles. The molecule has 1 unspecified atom stereocenters. The number of methoxy groups -OCH3 is 1. The average molecular weight is 508 g/mol. The number of nitrogens with one attached hydrogen (secondary N) is 2. The number of piperazine rings is 1. The second kappa shape index (κ2) is 10.2. The summed E-state index contributed by atoms with van der Waals surface area (Å²) in [5, 5.41) is 5.43. The molecule has 2 aliphatic heterocycles. The van der Waals surface area contributed by atoms with Crippen molar-refractivity contribution >= 4 is 28.6 Å². The molecule has 38 heavy (non-hydrogen) atoms. The molecule has 2 aliphatic rings. The van der Waals surface area contributed by atoms with Gasteiger partial charge in [0.25, 0.3) is 5.91 Å². The number of nitrogens with zero attached hydrogens (tertiary/aromatic N) is 3. The minimum Gasteiger partial charge on any atom is -0.451 e. The van der Waals surface area contributed by atoms with Crippen LogP contribution >= 0.6 is 0 Å². The number of rotatable bonds is 5. The zero-order valence-electron chi connectivity index (χ0n) is 21.1. The molecule has 0 saturated carbocycles. The Labute approximate surface area is 221 Å². The molecular weight excluding hydrogens is 478 g/mol. The van der Waals surface area contributed by atoms with Gasteiger partial charge in [0, 0.05) is 48.2 Å². The van der Waals surface area contributed by atoms with E-state index >= 15 is 0 Å². The lowest BCUT2D eigenvalue weighted by molar-refractivity contribution is 0.0940. The van der Waals surface area contributed by atoms with Gasteiger partial charge in [0.15, 0.2) is 0 Å². The standard InChI is InChI=1S/C30H29N5O3/c1-38-30(37)35(22-12-6-3-7-13-22)33-29(36)27-24-14-8-9-15-26(24)32-28(20-10-4-2-5-11-20)25(27)19-34-18-21-16-23(34)17-31-21/h2-15,21,23,31H,16-19H2,1H3,(H,33,36)/t21-,23?/m1/s1. The first-order chi connectivity index (χ1) is 18.6. The number of hydrogen-bond donors (Lipinski definition) is 2. The van der Waals surface area contributed by atoms with Gasteiger partial charge in [-0.2, -0.15) is 5.01 Å². The Hall–Kier alpha value is -4.27. The Bertz CT molecular complexity index is 1480. The third-order valence-electron chi connectivity index (χ3n) is 7.38. The third kappa shape index (κ3) is 4.49. The van der Waals surface area contributed by atoms with Crippen molar-refractivity contribution in [3.8, 4) is 11.3 Å². The van der Waals surface area contributed by atoms with Gasteiger partial charge in [0.05, 0.1) is 29.6 Å². The van der Waals surface area contributed by atoms with Crippen LogP contribution in [0.1, 0.15) is 22.3 Å². The number of carbonyl (C=O) groups excluding carboxylic acids is 2. The predicted molar refractivity (Wildman–Crippen MR) is 147 cm³/mol. The first kappa shape index (κ1) is 24.1. The lowest BCUT2D eigenvalue weighted by atomic mass is 9.95. The SMILES string of the molecule is COC(=O)N(NC(=O)c1c(CN2C[C@H]3CC2CN3)c(-c2ccccc2)nc2ccccc12)c1ccccc1. The largest absolute Gasteiger partial charge is 0.451 e. The number of likely N-dealkylation sites (tertiary alicyclic amines) is 1. The summed E-state index contributed by atoms with van der Waals surface area (Å²) in [5.41, 5.74) is 7.12. The first-order valence-electron chi connectivity index (χ1n) is 12.8. The number of hydrazine groups is 1. The smallest absolute Gasteiger partial charge is 0.433 e. The fourth-order valence-electron chi connectivity index (χ4n) is 5.58. The third-order valence-corrected chi connectivity index (χ3v) is 7.38. The van der Waals surface area contributed by atoms with Crippen LogP contribution in [0.15, 0.2) is 84.9 Å². The van der Waals surface area contributed by atoms with E-state index in [1.54, 1.807) is 24.3 Å². The van der Waals surface area contributed by atoms with Gasteiger partial charge in [-0.25, -0.2) is 9.78 Å². The minimum absolute atomic E-state index is 0.396. The van der Waals surface area contributed by atoms with E-state index < -0.39 is 12.0 Å². The number of benzene rings is 3. The summed E-state index contributed by atoms with van der Waals surface area (Å²) in [5.74, 6) is -0.396. The molecule has 2 atom stereocenters. The van der Waals surface area contributed by atoms with Crippen LogP contribution < -0.4 is 15.8 Å². The van der Waals surface area contributed by atoms with Gasteiger partial charge in [0.1, 0.15) is 0 Å². The zero-order chi connectivity index (χ0) is 26.1. The number of anilines is 1. The lowest BCUT2D eigenvalue weighted by Crippen LogP contribution is -2.47. The zero-order valence-corrected chi connectivity index (χ0v) is 21.1. The Kier molecular flexibility index (Phi) is 6.49. The summed E-state index contributed by atoms with van der Waals surface area (Å²) in [6, 6.07) is 27.4. The van der Waals surface area contributed by atoms with Crippen LogP contribution in [-0.4, -0.2) is 54.2 Å². The highest BCUT2D eigenvalue weighted by molar-refractivity contribution is 6.10. The summed E-state index contributed by atoms with van der Waals surface area (Å²) in [6.45, 7) is 2.44. The second-order valence-electron chi connectivity index (χ2n) is 9.70. The number of carbonyl (C=O) groups is 2. The van der Waals surface area contributed by atoms with Gasteiger partial charge in [-0.1, -0.05) is 66.7 Å². The summed E-state index contributed by atoms with van der Waals surface area (Å²) in [4.78, 5) is 34.4. The second-order valence-corrected chi connectivity index (χ2v) is 9.70. The van der Waals surface area contributed by atoms with E-state index in [0.717, 1.165) is 46.7 Å². The highest BCUT2D eigenvalue weighted by atomic mass is 16.5. The molecule has 2 amide bonds. The van der Waals surface area contributed by atoms with Gasteiger partial charge in [-0.3, -0.25) is 15.1 Å². The van der Waals surface area contributed by atoms with Crippen molar-refractivity contribution in [1.82, 2.24) is 20.6 Å². The molecule has 2 bridgehead atoms. The Balaban J connectivity index is 1.50. The highest BCUT2D eigenvalue weighted by Gasteiger charge is 2.38. The molecule has 2 saturated heterocycles. The molecule has 4 aromatic rings. The minimum atomic E-state index is -0.685. The van der Waals surface area contributed by atoms with E-state index in [4.69, 9.17) is 9.72 Å². The van der Waals surface area contributed by atoms with E-state index in [9.17, 15) is 9.59 Å². The van der Waals surface area contributed by atoms with Crippen LogP contribution in [-0.2, 0) is 11.3 Å². The van der Waals surface area contributed by atoms with Crippen molar-refractivity contribution < 1.29 is 14.3 Å². The van der Waals surface area contributed by atoms with Crippen molar-refractivity contribution in [3.05, 3.63) is 96.1 Å². The number of fused-ring (bicyclic) bond motifs is 3. The summed E-state index contributed by atoms with van der Waals surface area (Å²) < 4.78 is 5.00. The number of aromatic nitrogens is 1. The molecular formula is C30H29N5O3. The topological polar surface area (TPSA) is 86.8 Å². The molecule has 6 rings (SSSR count). The molecule has 2 N–H and O–H groups in total. The number of ether oxygens (including phenoxy) is 1. The summed E-state index contributed by atoms with van der Waals surface area (Å²) >= 11 is 0. The van der Waals surface area contributed by atoms with Crippen LogP contribution in [0.3, 0.4) is 0 Å². The maximum absolute atomic E-state index is 14.2. The monoisotopic (exact) mass is 507 g/mol. The molecule has 2 fully saturated rings. The van der Waals surface area contributed by atoms with Crippen molar-refractivity contribution in [3.63, 3.8) is 0 Å². The number of amides is 2. The number of hydrogen-bond acceptors (Lipinski definition) is 6. The van der Waals surface area contributed by atoms with Crippen molar-refractivity contribution in [2.75, 3.05) is 25.2 Å². The van der Waals surface area contributed by atoms with Crippen LogP contribution in [0.4, 0.5) is 10.5 Å². The Morgan fingerprint density at radius 3 is 2.42 bits per heavy atom. The fourth-order valence-corrected chi connectivity index (χ4v) is 5.58. The van der Waals surface area contributed by atoms with Crippen molar-refractivity contribution in [2.24, 2.45) is 0 Å². The predicted octanol–water partition coefficient (Wildman–Crippen LogP) is 4.37. The normalized spacial score (nSPS) is 18.4. The molecule has 192 valence electrons. The van der Waals surface area contributed by atoms with E-state index in [2.05, 4.69) is 15.6 Å². The molecule has 0 spiro atoms. The number of para-hydroxylation sites is 2. The van der Waals surface area contributed by atoms with Gasteiger partial charge < -0.3 is 10.1 Å². The van der Waals surface area contributed by atoms with Crippen molar-refractivity contribution in [1.29, 1.82) is 0 Å². The lowest BCUT2D eigenvalue weighted by Gasteiger charge is -2.29. The molecule has 1 aromatic heterocycles. The average Bonchev–Trinajstić information content (AvgIpc) is 3.59. The molecule has 8 nitrogen and oxygen atoms in total. The van der Waals surface area contributed by atoms with Gasteiger partial charge in [0.2, 0.25) is 0 Å². The molecule has 0 radical (unpaired) electrons. The maximum atomic E-state index is 14.2. The summed E-state index contributed by atoms with van der Waals surface area (Å²) in [7, 11) is 1.29. The van der Waals surface area contributed by atoms with E-state index in [0.29, 0.717) is 35.4 Å².